The first-order chi connectivity index (χ1) is 7.15. The first-order valence-electron chi connectivity index (χ1n) is 5.95. The number of nitrogens with one attached hydrogen (secondary N) is 1. The Kier molecular flexibility index (Phi) is 3.61. The molecule has 0 saturated carbocycles. The average molecular weight is 213 g/mol. The van der Waals surface area contributed by atoms with Crippen LogP contribution in [0.4, 0.5) is 0 Å². The topological polar surface area (TPSA) is 38.7 Å². The van der Waals surface area contributed by atoms with Gasteiger partial charge in [0.15, 0.2) is 0 Å². The van der Waals surface area contributed by atoms with Crippen LogP contribution in [0.3, 0.4) is 0 Å². The third kappa shape index (κ3) is 2.91. The lowest BCUT2D eigenvalue weighted by atomic mass is 10.2. The molecule has 2 rings (SSSR count). The lowest BCUT2D eigenvalue weighted by molar-refractivity contribution is 0.188. The fourth-order valence-electron chi connectivity index (χ4n) is 2.65. The van der Waals surface area contributed by atoms with Crippen molar-refractivity contribution in [2.24, 2.45) is 0 Å². The van der Waals surface area contributed by atoms with Crippen molar-refractivity contribution in [2.75, 3.05) is 40.3 Å². The van der Waals surface area contributed by atoms with E-state index in [2.05, 4.69) is 29.2 Å². The minimum atomic E-state index is -0.123. The van der Waals surface area contributed by atoms with Crippen molar-refractivity contribution in [3.63, 3.8) is 0 Å². The molecule has 2 N–H and O–H groups in total. The second-order valence-corrected chi connectivity index (χ2v) is 5.16. The molecule has 0 aromatic carbocycles. The lowest BCUT2D eigenvalue weighted by Crippen LogP contribution is -2.38. The zero-order chi connectivity index (χ0) is 10.8. The SMILES string of the molecule is CN(C)C1CCN(CC2CC(O)CN2)C1. The number of hydrogen-bond acceptors (Lipinski definition) is 4. The van der Waals surface area contributed by atoms with Crippen molar-refractivity contribution < 1.29 is 5.11 Å². The third-order valence-corrected chi connectivity index (χ3v) is 3.66. The number of β-amino-alcohol motifs (C(OH)–C–C–N with tert-alkyl or cyclic N) is 1. The van der Waals surface area contributed by atoms with Crippen molar-refractivity contribution in [2.45, 2.75) is 31.0 Å². The van der Waals surface area contributed by atoms with Gasteiger partial charge in [-0.3, -0.25) is 0 Å². The molecule has 0 spiro atoms. The van der Waals surface area contributed by atoms with Gasteiger partial charge in [0.05, 0.1) is 6.10 Å². The Morgan fingerprint density at radius 2 is 2.27 bits per heavy atom. The Morgan fingerprint density at radius 3 is 2.80 bits per heavy atom. The maximum atomic E-state index is 9.42. The lowest BCUT2D eigenvalue weighted by Gasteiger charge is -2.22. The van der Waals surface area contributed by atoms with E-state index in [0.29, 0.717) is 6.04 Å². The fraction of sp³-hybridized carbons (Fsp3) is 1.00. The number of likely N-dealkylation sites (tertiary alicyclic amines) is 1. The monoisotopic (exact) mass is 213 g/mol. The molecule has 2 fully saturated rings. The van der Waals surface area contributed by atoms with Gasteiger partial charge in [-0.1, -0.05) is 0 Å². The van der Waals surface area contributed by atoms with Gasteiger partial charge < -0.3 is 20.2 Å². The smallest absolute Gasteiger partial charge is 0.0680 e. The van der Waals surface area contributed by atoms with E-state index in [-0.39, 0.29) is 6.10 Å². The average Bonchev–Trinajstić information content (AvgIpc) is 2.76. The summed E-state index contributed by atoms with van der Waals surface area (Å²) < 4.78 is 0. The van der Waals surface area contributed by atoms with Crippen LogP contribution in [0.1, 0.15) is 12.8 Å². The van der Waals surface area contributed by atoms with Crippen molar-refractivity contribution in [3.8, 4) is 0 Å². The summed E-state index contributed by atoms with van der Waals surface area (Å²) >= 11 is 0. The second-order valence-electron chi connectivity index (χ2n) is 5.16. The van der Waals surface area contributed by atoms with Crippen LogP contribution in [0.15, 0.2) is 0 Å². The van der Waals surface area contributed by atoms with Crippen molar-refractivity contribution in [1.82, 2.24) is 15.1 Å². The Balaban J connectivity index is 1.73. The molecule has 0 amide bonds. The Morgan fingerprint density at radius 1 is 1.47 bits per heavy atom. The van der Waals surface area contributed by atoms with Gasteiger partial charge in [-0.2, -0.15) is 0 Å². The predicted octanol–water partition coefficient (Wildman–Crippen LogP) is -0.655. The zero-order valence-corrected chi connectivity index (χ0v) is 9.82. The molecule has 0 bridgehead atoms. The molecule has 2 aliphatic heterocycles. The van der Waals surface area contributed by atoms with Crippen LogP contribution in [-0.2, 0) is 0 Å². The highest BCUT2D eigenvalue weighted by Gasteiger charge is 2.28. The van der Waals surface area contributed by atoms with Crippen LogP contribution in [0, 0.1) is 0 Å². The van der Waals surface area contributed by atoms with Crippen LogP contribution in [0.5, 0.6) is 0 Å². The molecule has 4 heteroatoms. The molecular formula is C11H23N3O. The van der Waals surface area contributed by atoms with Crippen molar-refractivity contribution in [3.05, 3.63) is 0 Å². The summed E-state index contributed by atoms with van der Waals surface area (Å²) in [6, 6.07) is 1.22. The Bertz CT molecular complexity index is 210. The van der Waals surface area contributed by atoms with Crippen LogP contribution < -0.4 is 5.32 Å². The van der Waals surface area contributed by atoms with Gasteiger partial charge in [0.25, 0.3) is 0 Å². The molecule has 0 aromatic heterocycles. The molecule has 2 saturated heterocycles. The van der Waals surface area contributed by atoms with Gasteiger partial charge in [-0.05, 0) is 33.5 Å². The third-order valence-electron chi connectivity index (χ3n) is 3.66. The number of rotatable bonds is 3. The highest BCUT2D eigenvalue weighted by Crippen LogP contribution is 2.15. The molecule has 3 atom stereocenters. The molecule has 2 heterocycles. The molecule has 3 unspecified atom stereocenters. The molecule has 2 aliphatic rings. The minimum Gasteiger partial charge on any atom is -0.392 e. The first kappa shape index (κ1) is 11.3. The van der Waals surface area contributed by atoms with Gasteiger partial charge in [0.1, 0.15) is 0 Å². The maximum Gasteiger partial charge on any atom is 0.0680 e. The first-order valence-corrected chi connectivity index (χ1v) is 5.95. The summed E-state index contributed by atoms with van der Waals surface area (Å²) in [6.07, 6.45) is 2.08. The van der Waals surface area contributed by atoms with E-state index in [1.165, 1.54) is 19.5 Å². The van der Waals surface area contributed by atoms with E-state index in [0.717, 1.165) is 25.6 Å². The number of aliphatic hydroxyl groups is 1. The largest absolute Gasteiger partial charge is 0.392 e. The quantitative estimate of drug-likeness (QED) is 0.653. The number of likely N-dealkylation sites (N-methyl/N-ethyl adjacent to an activating group) is 1. The van der Waals surface area contributed by atoms with Crippen molar-refractivity contribution >= 4 is 0 Å². The molecule has 15 heavy (non-hydrogen) atoms. The van der Waals surface area contributed by atoms with E-state index in [1.807, 2.05) is 0 Å². The summed E-state index contributed by atoms with van der Waals surface area (Å²) in [4.78, 5) is 4.83. The maximum absolute atomic E-state index is 9.42. The molecule has 0 aromatic rings. The molecule has 0 radical (unpaired) electrons. The zero-order valence-electron chi connectivity index (χ0n) is 9.82. The fourth-order valence-corrected chi connectivity index (χ4v) is 2.65. The highest BCUT2D eigenvalue weighted by atomic mass is 16.3. The summed E-state index contributed by atoms with van der Waals surface area (Å²) in [6.45, 7) is 4.26. The second kappa shape index (κ2) is 4.78. The summed E-state index contributed by atoms with van der Waals surface area (Å²) in [5, 5.41) is 12.8. The van der Waals surface area contributed by atoms with E-state index < -0.39 is 0 Å². The van der Waals surface area contributed by atoms with Crippen LogP contribution in [0.25, 0.3) is 0 Å². The van der Waals surface area contributed by atoms with Gasteiger partial charge >= 0.3 is 0 Å². The van der Waals surface area contributed by atoms with Gasteiger partial charge in [-0.25, -0.2) is 0 Å². The van der Waals surface area contributed by atoms with Gasteiger partial charge in [0, 0.05) is 31.7 Å². The Hall–Kier alpha value is -0.160. The summed E-state index contributed by atoms with van der Waals surface area (Å²) in [5.41, 5.74) is 0. The molecular weight excluding hydrogens is 190 g/mol. The number of nitrogens with zero attached hydrogens (tertiary/aromatic N) is 2. The highest BCUT2D eigenvalue weighted by molar-refractivity contribution is 4.87. The minimum absolute atomic E-state index is 0.123. The molecule has 4 nitrogen and oxygen atoms in total. The van der Waals surface area contributed by atoms with E-state index in [1.54, 1.807) is 0 Å². The summed E-state index contributed by atoms with van der Waals surface area (Å²) in [5.74, 6) is 0. The van der Waals surface area contributed by atoms with Gasteiger partial charge in [0.2, 0.25) is 0 Å². The van der Waals surface area contributed by atoms with E-state index in [4.69, 9.17) is 0 Å². The van der Waals surface area contributed by atoms with Crippen LogP contribution in [0.2, 0.25) is 0 Å². The molecule has 88 valence electrons. The van der Waals surface area contributed by atoms with E-state index in [9.17, 15) is 5.11 Å². The van der Waals surface area contributed by atoms with Crippen molar-refractivity contribution in [1.29, 1.82) is 0 Å². The normalized spacial score (nSPS) is 38.0. The summed E-state index contributed by atoms with van der Waals surface area (Å²) in [7, 11) is 4.32. The molecule has 0 aliphatic carbocycles. The van der Waals surface area contributed by atoms with E-state index >= 15 is 0 Å². The van der Waals surface area contributed by atoms with Gasteiger partial charge in [-0.15, -0.1) is 0 Å². The standard InChI is InChI=1S/C11H23N3O/c1-13(2)10-3-4-14(8-10)7-9-5-11(15)6-12-9/h9-12,15H,3-8H2,1-2H3. The van der Waals surface area contributed by atoms with Crippen LogP contribution in [-0.4, -0.2) is 73.4 Å². The number of aliphatic hydroxyl groups excluding tert-OH is 1. The van der Waals surface area contributed by atoms with Crippen LogP contribution >= 0.6 is 0 Å². The number of hydrogen-bond donors (Lipinski definition) is 2. The predicted molar refractivity (Wildman–Crippen MR) is 60.9 cm³/mol. The Labute approximate surface area is 92.2 Å².